The summed E-state index contributed by atoms with van der Waals surface area (Å²) in [5.41, 5.74) is 3.26. The summed E-state index contributed by atoms with van der Waals surface area (Å²) in [7, 11) is -4.22. The number of hydrogen-bond acceptors (Lipinski definition) is 3. The van der Waals surface area contributed by atoms with E-state index in [0.29, 0.717) is 0 Å². The predicted molar refractivity (Wildman–Crippen MR) is 75.2 cm³/mol. The van der Waals surface area contributed by atoms with Crippen molar-refractivity contribution in [3.8, 4) is 0 Å². The third-order valence-corrected chi connectivity index (χ3v) is 4.92. The summed E-state index contributed by atoms with van der Waals surface area (Å²) in [6.45, 7) is 1.16. The Bertz CT molecular complexity index is 632. The monoisotopic (exact) mass is 346 g/mol. The fourth-order valence-corrected chi connectivity index (χ4v) is 2.89. The zero-order valence-electron chi connectivity index (χ0n) is 10.0. The Morgan fingerprint density at radius 1 is 1.45 bits per heavy atom. The van der Waals surface area contributed by atoms with Crippen molar-refractivity contribution in [1.29, 1.82) is 0 Å². The molecule has 1 aromatic rings. The second-order valence-electron chi connectivity index (χ2n) is 3.85. The molecule has 0 heterocycles. The van der Waals surface area contributed by atoms with Crippen LogP contribution in [-0.2, 0) is 16.2 Å². The first kappa shape index (κ1) is 17.0. The van der Waals surface area contributed by atoms with E-state index in [1.807, 2.05) is 0 Å². The molecule has 3 N–H and O–H groups in total. The summed E-state index contributed by atoms with van der Waals surface area (Å²) in [5, 5.41) is -1.71. The Balaban J connectivity index is 3.33. The van der Waals surface area contributed by atoms with Gasteiger partial charge < -0.3 is 5.73 Å². The number of sulfonamides is 1. The highest BCUT2D eigenvalue weighted by Crippen LogP contribution is 2.39. The van der Waals surface area contributed by atoms with Crippen LogP contribution in [0, 0.1) is 0 Å². The number of hydrogen-bond donors (Lipinski definition) is 2. The molecular weight excluding hydrogens is 337 g/mol. The average Bonchev–Trinajstić information content (AvgIpc) is 2.28. The molecule has 0 radical (unpaired) electrons. The molecule has 0 aliphatic heterocycles. The van der Waals surface area contributed by atoms with Gasteiger partial charge in [-0.3, -0.25) is 4.72 Å². The third-order valence-electron chi connectivity index (χ3n) is 2.43. The standard InChI is InChI=1S/C10H10ClF3N2O2S2/c1-5(9(15)19)20(17,18)16-8-6(10(12,13)14)3-2-4-7(8)11/h2-5,16H,1H3,(H2,15,19). The summed E-state index contributed by atoms with van der Waals surface area (Å²) >= 11 is 10.2. The molecule has 10 heteroatoms. The predicted octanol–water partition coefficient (Wildman–Crippen LogP) is 2.78. The fourth-order valence-electron chi connectivity index (χ4n) is 1.25. The number of nitrogens with one attached hydrogen (secondary N) is 1. The van der Waals surface area contributed by atoms with Crippen LogP contribution >= 0.6 is 23.8 Å². The lowest BCUT2D eigenvalue weighted by molar-refractivity contribution is -0.136. The Morgan fingerprint density at radius 2 is 2.00 bits per heavy atom. The van der Waals surface area contributed by atoms with E-state index in [9.17, 15) is 21.6 Å². The minimum atomic E-state index is -4.75. The van der Waals surface area contributed by atoms with Gasteiger partial charge in [-0.1, -0.05) is 29.9 Å². The minimum absolute atomic E-state index is 0.363. The van der Waals surface area contributed by atoms with Crippen molar-refractivity contribution in [2.24, 2.45) is 5.73 Å². The third kappa shape index (κ3) is 3.74. The molecule has 4 nitrogen and oxygen atoms in total. The van der Waals surface area contributed by atoms with Crippen LogP contribution in [0.2, 0.25) is 5.02 Å². The topological polar surface area (TPSA) is 72.2 Å². The van der Waals surface area contributed by atoms with Gasteiger partial charge in [-0.15, -0.1) is 0 Å². The Labute approximate surface area is 124 Å². The van der Waals surface area contributed by atoms with Gasteiger partial charge in [-0.2, -0.15) is 13.2 Å². The largest absolute Gasteiger partial charge is 0.418 e. The number of rotatable bonds is 4. The van der Waals surface area contributed by atoms with E-state index in [2.05, 4.69) is 12.2 Å². The van der Waals surface area contributed by atoms with Crippen LogP contribution in [0.15, 0.2) is 18.2 Å². The molecule has 0 aromatic heterocycles. The average molecular weight is 347 g/mol. The highest BCUT2D eigenvalue weighted by atomic mass is 35.5. The van der Waals surface area contributed by atoms with E-state index in [0.717, 1.165) is 25.1 Å². The molecule has 20 heavy (non-hydrogen) atoms. The molecule has 0 fully saturated rings. The quantitative estimate of drug-likeness (QED) is 0.822. The highest BCUT2D eigenvalue weighted by molar-refractivity contribution is 7.95. The van der Waals surface area contributed by atoms with Crippen LogP contribution in [0.5, 0.6) is 0 Å². The Morgan fingerprint density at radius 3 is 2.45 bits per heavy atom. The number of thiocarbonyl (C=S) groups is 1. The van der Waals surface area contributed by atoms with Gasteiger partial charge in [0.15, 0.2) is 0 Å². The number of para-hydroxylation sites is 1. The fraction of sp³-hybridized carbons (Fsp3) is 0.300. The van der Waals surface area contributed by atoms with E-state index in [1.165, 1.54) is 0 Å². The maximum Gasteiger partial charge on any atom is 0.418 e. The van der Waals surface area contributed by atoms with Crippen molar-refractivity contribution in [2.45, 2.75) is 18.3 Å². The Kier molecular flexibility index (Phi) is 4.88. The van der Waals surface area contributed by atoms with Gasteiger partial charge in [0, 0.05) is 0 Å². The first-order chi connectivity index (χ1) is 8.97. The van der Waals surface area contributed by atoms with Crippen molar-refractivity contribution < 1.29 is 21.6 Å². The summed E-state index contributed by atoms with van der Waals surface area (Å²) < 4.78 is 64.0. The maximum atomic E-state index is 12.8. The van der Waals surface area contributed by atoms with Gasteiger partial charge in [-0.05, 0) is 19.1 Å². The summed E-state index contributed by atoms with van der Waals surface area (Å²) in [6, 6.07) is 2.93. The molecule has 0 aliphatic carbocycles. The van der Waals surface area contributed by atoms with Crippen molar-refractivity contribution in [1.82, 2.24) is 0 Å². The zero-order chi connectivity index (χ0) is 15.7. The molecule has 1 atom stereocenters. The number of halogens is 4. The molecule has 112 valence electrons. The van der Waals surface area contributed by atoms with Crippen molar-refractivity contribution >= 4 is 44.5 Å². The lowest BCUT2D eigenvalue weighted by Crippen LogP contribution is -2.36. The smallest absolute Gasteiger partial charge is 0.392 e. The molecule has 1 unspecified atom stereocenters. The van der Waals surface area contributed by atoms with E-state index >= 15 is 0 Å². The number of anilines is 1. The normalized spacial score (nSPS) is 13.8. The van der Waals surface area contributed by atoms with E-state index < -0.39 is 32.7 Å². The zero-order valence-corrected chi connectivity index (χ0v) is 12.4. The first-order valence-electron chi connectivity index (χ1n) is 5.13. The van der Waals surface area contributed by atoms with Crippen LogP contribution in [0.4, 0.5) is 18.9 Å². The second kappa shape index (κ2) is 5.74. The second-order valence-corrected chi connectivity index (χ2v) is 6.73. The lowest BCUT2D eigenvalue weighted by atomic mass is 10.2. The molecule has 1 aromatic carbocycles. The maximum absolute atomic E-state index is 12.8. The molecule has 1 rings (SSSR count). The lowest BCUT2D eigenvalue weighted by Gasteiger charge is -2.18. The van der Waals surface area contributed by atoms with E-state index in [4.69, 9.17) is 17.3 Å². The van der Waals surface area contributed by atoms with Gasteiger partial charge in [0.1, 0.15) is 5.25 Å². The Hall–Kier alpha value is -1.06. The van der Waals surface area contributed by atoms with E-state index in [1.54, 1.807) is 4.72 Å². The molecule has 0 aliphatic rings. The molecule has 0 saturated heterocycles. The summed E-state index contributed by atoms with van der Waals surface area (Å²) in [6.07, 6.45) is -4.75. The molecule has 0 bridgehead atoms. The highest BCUT2D eigenvalue weighted by Gasteiger charge is 2.36. The SMILES string of the molecule is CC(C(N)=S)S(=O)(=O)Nc1c(Cl)cccc1C(F)(F)F. The summed E-state index contributed by atoms with van der Waals surface area (Å²) in [5.74, 6) is 0. The van der Waals surface area contributed by atoms with Gasteiger partial charge in [0.05, 0.1) is 21.3 Å². The number of alkyl halides is 3. The van der Waals surface area contributed by atoms with Gasteiger partial charge in [0.2, 0.25) is 10.0 Å². The molecule has 0 saturated carbocycles. The van der Waals surface area contributed by atoms with Crippen LogP contribution in [0.25, 0.3) is 0 Å². The van der Waals surface area contributed by atoms with E-state index in [-0.39, 0.29) is 10.0 Å². The van der Waals surface area contributed by atoms with Crippen LogP contribution < -0.4 is 10.5 Å². The van der Waals surface area contributed by atoms with Crippen LogP contribution in [0.1, 0.15) is 12.5 Å². The van der Waals surface area contributed by atoms with Crippen LogP contribution in [0.3, 0.4) is 0 Å². The van der Waals surface area contributed by atoms with Crippen LogP contribution in [-0.4, -0.2) is 18.7 Å². The molecule has 0 amide bonds. The molecular formula is C10H10ClF3N2O2S2. The minimum Gasteiger partial charge on any atom is -0.392 e. The summed E-state index contributed by atoms with van der Waals surface area (Å²) in [4.78, 5) is -0.363. The van der Waals surface area contributed by atoms with Gasteiger partial charge in [0.25, 0.3) is 0 Å². The van der Waals surface area contributed by atoms with Crippen molar-refractivity contribution in [3.05, 3.63) is 28.8 Å². The van der Waals surface area contributed by atoms with Gasteiger partial charge >= 0.3 is 6.18 Å². The van der Waals surface area contributed by atoms with Crippen molar-refractivity contribution in [2.75, 3.05) is 4.72 Å². The van der Waals surface area contributed by atoms with Crippen molar-refractivity contribution in [3.63, 3.8) is 0 Å². The number of nitrogens with two attached hydrogens (primary N) is 1. The van der Waals surface area contributed by atoms with Gasteiger partial charge in [-0.25, -0.2) is 8.42 Å². The molecule has 0 spiro atoms. The number of benzene rings is 1. The first-order valence-corrected chi connectivity index (χ1v) is 7.46.